The number of ketones is 1. The van der Waals surface area contributed by atoms with E-state index >= 15 is 0 Å². The minimum absolute atomic E-state index is 0.126. The quantitative estimate of drug-likeness (QED) is 0.676. The number of hydrogen-bond donors (Lipinski definition) is 0. The van der Waals surface area contributed by atoms with Gasteiger partial charge in [0, 0.05) is 26.1 Å². The molecule has 1 aromatic carbocycles. The Morgan fingerprint density at radius 2 is 2.00 bits per heavy atom. The maximum absolute atomic E-state index is 12.2. The summed E-state index contributed by atoms with van der Waals surface area (Å²) in [6, 6.07) is 5.65. The summed E-state index contributed by atoms with van der Waals surface area (Å²) in [5.74, 6) is 1.51. The van der Waals surface area contributed by atoms with E-state index in [1.54, 1.807) is 13.2 Å². The Hall–Kier alpha value is -1.85. The molecule has 5 heteroatoms. The molecule has 0 aliphatic carbocycles. The lowest BCUT2D eigenvalue weighted by Crippen LogP contribution is -2.45. The number of carbonyl (C=O) groups excluding carboxylic acids is 1. The van der Waals surface area contributed by atoms with E-state index in [4.69, 9.17) is 14.2 Å². The maximum Gasteiger partial charge on any atom is 0.161 e. The Balaban J connectivity index is 1.88. The summed E-state index contributed by atoms with van der Waals surface area (Å²) in [7, 11) is 1.62. The van der Waals surface area contributed by atoms with Crippen molar-refractivity contribution in [2.75, 3.05) is 33.4 Å². The van der Waals surface area contributed by atoms with Gasteiger partial charge in [0.15, 0.2) is 17.3 Å². The first-order valence-corrected chi connectivity index (χ1v) is 8.91. The number of benzene rings is 1. The first-order chi connectivity index (χ1) is 12.0. The largest absolute Gasteiger partial charge is 0.493 e. The van der Waals surface area contributed by atoms with Crippen molar-refractivity contribution in [3.05, 3.63) is 29.8 Å². The number of carbonyl (C=O) groups is 1. The molecular weight excluding hydrogens is 318 g/mol. The second kappa shape index (κ2) is 9.59. The van der Waals surface area contributed by atoms with Gasteiger partial charge in [0.2, 0.25) is 0 Å². The van der Waals surface area contributed by atoms with E-state index in [1.807, 2.05) is 31.2 Å². The zero-order valence-electron chi connectivity index (χ0n) is 15.7. The summed E-state index contributed by atoms with van der Waals surface area (Å²) in [5, 5.41) is 0. The molecule has 0 aromatic heterocycles. The summed E-state index contributed by atoms with van der Waals surface area (Å²) in [5.41, 5.74) is 0.922. The summed E-state index contributed by atoms with van der Waals surface area (Å²) in [6.45, 7) is 9.19. The van der Waals surface area contributed by atoms with Crippen molar-refractivity contribution < 1.29 is 19.0 Å². The minimum atomic E-state index is 0.126. The lowest BCUT2D eigenvalue weighted by molar-refractivity contribution is -0.116. The van der Waals surface area contributed by atoms with E-state index in [0.29, 0.717) is 24.5 Å². The van der Waals surface area contributed by atoms with Crippen LogP contribution in [0.4, 0.5) is 0 Å². The molecule has 0 N–H and O–H groups in total. The molecule has 0 bridgehead atoms. The van der Waals surface area contributed by atoms with Crippen LogP contribution in [0.3, 0.4) is 0 Å². The molecule has 25 heavy (non-hydrogen) atoms. The molecule has 1 heterocycles. The molecule has 138 valence electrons. The predicted molar refractivity (Wildman–Crippen MR) is 99.3 cm³/mol. The van der Waals surface area contributed by atoms with E-state index in [0.717, 1.165) is 25.2 Å². The molecule has 0 amide bonds. The smallest absolute Gasteiger partial charge is 0.161 e. The third-order valence-corrected chi connectivity index (χ3v) is 4.12. The third-order valence-electron chi connectivity index (χ3n) is 4.12. The Kier molecular flexibility index (Phi) is 7.47. The zero-order valence-corrected chi connectivity index (χ0v) is 15.7. The number of hydrogen-bond acceptors (Lipinski definition) is 5. The van der Waals surface area contributed by atoms with Gasteiger partial charge in [0.05, 0.1) is 25.9 Å². The van der Waals surface area contributed by atoms with Crippen LogP contribution in [0.5, 0.6) is 11.5 Å². The topological polar surface area (TPSA) is 48.0 Å². The van der Waals surface area contributed by atoms with Crippen LogP contribution in [0.25, 0.3) is 6.08 Å². The fourth-order valence-electron chi connectivity index (χ4n) is 3.07. The molecule has 2 rings (SSSR count). The Bertz CT molecular complexity index is 589. The molecule has 0 spiro atoms. The van der Waals surface area contributed by atoms with Crippen LogP contribution in [-0.4, -0.2) is 56.2 Å². The van der Waals surface area contributed by atoms with Crippen LogP contribution < -0.4 is 9.47 Å². The Morgan fingerprint density at radius 1 is 1.28 bits per heavy atom. The van der Waals surface area contributed by atoms with Gasteiger partial charge < -0.3 is 14.2 Å². The second-order valence-electron chi connectivity index (χ2n) is 6.41. The van der Waals surface area contributed by atoms with Gasteiger partial charge in [-0.25, -0.2) is 0 Å². The lowest BCUT2D eigenvalue weighted by Gasteiger charge is -2.35. The summed E-state index contributed by atoms with van der Waals surface area (Å²) < 4.78 is 16.5. The van der Waals surface area contributed by atoms with E-state index in [9.17, 15) is 4.79 Å². The SMILES string of the molecule is CCOc1cc(C=CC(=O)CCN2CC(C)OC(C)C2)ccc1OC. The molecule has 5 nitrogen and oxygen atoms in total. The fraction of sp³-hybridized carbons (Fsp3) is 0.550. The molecule has 1 saturated heterocycles. The van der Waals surface area contributed by atoms with E-state index in [2.05, 4.69) is 18.7 Å². The summed E-state index contributed by atoms with van der Waals surface area (Å²) >= 11 is 0. The van der Waals surface area contributed by atoms with Gasteiger partial charge in [-0.3, -0.25) is 9.69 Å². The lowest BCUT2D eigenvalue weighted by atomic mass is 10.1. The molecule has 1 aliphatic heterocycles. The molecule has 1 fully saturated rings. The van der Waals surface area contributed by atoms with Gasteiger partial charge in [0.1, 0.15) is 0 Å². The third kappa shape index (κ3) is 6.18. The average Bonchev–Trinajstić information content (AvgIpc) is 2.58. The number of nitrogens with zero attached hydrogens (tertiary/aromatic N) is 1. The number of rotatable bonds is 8. The first-order valence-electron chi connectivity index (χ1n) is 8.91. The normalized spacial score (nSPS) is 21.4. The highest BCUT2D eigenvalue weighted by molar-refractivity contribution is 5.93. The molecule has 0 radical (unpaired) electrons. The van der Waals surface area contributed by atoms with Crippen molar-refractivity contribution >= 4 is 11.9 Å². The van der Waals surface area contributed by atoms with Crippen molar-refractivity contribution in [2.45, 2.75) is 39.4 Å². The van der Waals surface area contributed by atoms with Crippen LogP contribution in [0.15, 0.2) is 24.3 Å². The van der Waals surface area contributed by atoms with Crippen molar-refractivity contribution in [2.24, 2.45) is 0 Å². The molecule has 2 atom stereocenters. The number of methoxy groups -OCH3 is 1. The van der Waals surface area contributed by atoms with Crippen LogP contribution in [0, 0.1) is 0 Å². The van der Waals surface area contributed by atoms with Crippen molar-refractivity contribution in [3.8, 4) is 11.5 Å². The van der Waals surface area contributed by atoms with Crippen LogP contribution in [0.2, 0.25) is 0 Å². The highest BCUT2D eigenvalue weighted by atomic mass is 16.5. The second-order valence-corrected chi connectivity index (χ2v) is 6.41. The van der Waals surface area contributed by atoms with Crippen LogP contribution in [0.1, 0.15) is 32.8 Å². The number of allylic oxidation sites excluding steroid dienone is 1. The van der Waals surface area contributed by atoms with Crippen molar-refractivity contribution in [1.29, 1.82) is 0 Å². The zero-order chi connectivity index (χ0) is 18.2. The predicted octanol–water partition coefficient (Wildman–Crippen LogP) is 3.18. The minimum Gasteiger partial charge on any atom is -0.493 e. The summed E-state index contributed by atoms with van der Waals surface area (Å²) in [6.07, 6.45) is 4.45. The number of ether oxygens (including phenoxy) is 3. The number of morpholine rings is 1. The van der Waals surface area contributed by atoms with Crippen LogP contribution in [-0.2, 0) is 9.53 Å². The van der Waals surface area contributed by atoms with E-state index in [1.165, 1.54) is 0 Å². The monoisotopic (exact) mass is 347 g/mol. The van der Waals surface area contributed by atoms with Gasteiger partial charge >= 0.3 is 0 Å². The van der Waals surface area contributed by atoms with Gasteiger partial charge in [-0.1, -0.05) is 12.1 Å². The summed E-state index contributed by atoms with van der Waals surface area (Å²) in [4.78, 5) is 14.5. The average molecular weight is 347 g/mol. The first kappa shape index (κ1) is 19.5. The Morgan fingerprint density at radius 3 is 2.64 bits per heavy atom. The highest BCUT2D eigenvalue weighted by Gasteiger charge is 2.21. The Labute approximate surface area is 150 Å². The van der Waals surface area contributed by atoms with Crippen molar-refractivity contribution in [1.82, 2.24) is 4.90 Å². The molecule has 0 saturated carbocycles. The van der Waals surface area contributed by atoms with Gasteiger partial charge in [-0.2, -0.15) is 0 Å². The molecule has 1 aromatic rings. The van der Waals surface area contributed by atoms with Gasteiger partial charge in [0.25, 0.3) is 0 Å². The van der Waals surface area contributed by atoms with Crippen molar-refractivity contribution in [3.63, 3.8) is 0 Å². The fourth-order valence-corrected chi connectivity index (χ4v) is 3.07. The standard InChI is InChI=1S/C20H29NO4/c1-5-24-20-12-17(7-9-19(20)23-4)6-8-18(22)10-11-21-13-15(2)25-16(3)14-21/h6-9,12,15-16H,5,10-11,13-14H2,1-4H3. The molecule has 2 unspecified atom stereocenters. The van der Waals surface area contributed by atoms with Crippen LogP contribution >= 0.6 is 0 Å². The highest BCUT2D eigenvalue weighted by Crippen LogP contribution is 2.28. The van der Waals surface area contributed by atoms with Gasteiger partial charge in [-0.15, -0.1) is 0 Å². The molecular formula is C20H29NO4. The van der Waals surface area contributed by atoms with Gasteiger partial charge in [-0.05, 0) is 44.5 Å². The molecule has 1 aliphatic rings. The maximum atomic E-state index is 12.2. The van der Waals surface area contributed by atoms with E-state index in [-0.39, 0.29) is 18.0 Å². The van der Waals surface area contributed by atoms with E-state index < -0.39 is 0 Å².